The summed E-state index contributed by atoms with van der Waals surface area (Å²) in [5, 5.41) is 0. The maximum Gasteiger partial charge on any atom is 0.131 e. The molecule has 1 aromatic carbocycles. The number of aryl methyl sites for hydroxylation is 2. The normalized spacial score (nSPS) is 10.6. The van der Waals surface area contributed by atoms with Crippen molar-refractivity contribution < 1.29 is 4.74 Å². The smallest absolute Gasteiger partial charge is 0.131 e. The summed E-state index contributed by atoms with van der Waals surface area (Å²) in [5.74, 6) is 0.866. The molecule has 0 saturated heterocycles. The van der Waals surface area contributed by atoms with Crippen molar-refractivity contribution in [2.45, 2.75) is 40.2 Å². The number of rotatable bonds is 5. The summed E-state index contributed by atoms with van der Waals surface area (Å²) < 4.78 is 5.78. The largest absolute Gasteiger partial charge is 0.487 e. The van der Waals surface area contributed by atoms with Crippen LogP contribution in [0.3, 0.4) is 0 Å². The summed E-state index contributed by atoms with van der Waals surface area (Å²) in [6, 6.07) is 8.25. The molecule has 0 aliphatic heterocycles. The summed E-state index contributed by atoms with van der Waals surface area (Å²) in [6.45, 7) is 6.58. The van der Waals surface area contributed by atoms with E-state index in [2.05, 4.69) is 24.0 Å². The lowest BCUT2D eigenvalue weighted by Gasteiger charge is -2.11. The van der Waals surface area contributed by atoms with Crippen molar-refractivity contribution >= 4 is 5.69 Å². The molecule has 0 fully saturated rings. The number of nitrogens with zero attached hydrogens (tertiary/aromatic N) is 1. The standard InChI is InChI=1S/C17H22N2O/c1-4-5-14-6-8-15(9-7-14)20-11-16-13(3)17(18)12(2)10-19-16/h6-10H,4-5,11H2,1-3H3,(H2,18,19). The van der Waals surface area contributed by atoms with Crippen molar-refractivity contribution in [3.05, 3.63) is 52.8 Å². The maximum atomic E-state index is 6.01. The van der Waals surface area contributed by atoms with E-state index in [0.29, 0.717) is 6.61 Å². The quantitative estimate of drug-likeness (QED) is 0.898. The first-order valence-electron chi connectivity index (χ1n) is 7.04. The number of hydrogen-bond acceptors (Lipinski definition) is 3. The number of benzene rings is 1. The van der Waals surface area contributed by atoms with E-state index in [9.17, 15) is 0 Å². The first-order valence-corrected chi connectivity index (χ1v) is 7.04. The molecular weight excluding hydrogens is 248 g/mol. The molecule has 1 heterocycles. The van der Waals surface area contributed by atoms with E-state index in [1.54, 1.807) is 6.20 Å². The Bertz CT molecular complexity index is 576. The van der Waals surface area contributed by atoms with Gasteiger partial charge < -0.3 is 10.5 Å². The topological polar surface area (TPSA) is 48.1 Å². The van der Waals surface area contributed by atoms with E-state index < -0.39 is 0 Å². The molecule has 0 amide bonds. The third-order valence-corrected chi connectivity index (χ3v) is 3.51. The van der Waals surface area contributed by atoms with E-state index in [-0.39, 0.29) is 0 Å². The number of pyridine rings is 1. The molecule has 106 valence electrons. The fraction of sp³-hybridized carbons (Fsp3) is 0.353. The molecule has 2 N–H and O–H groups in total. The molecule has 0 unspecified atom stereocenters. The molecule has 0 radical (unpaired) electrons. The van der Waals surface area contributed by atoms with Crippen molar-refractivity contribution in [3.8, 4) is 5.75 Å². The third kappa shape index (κ3) is 3.29. The van der Waals surface area contributed by atoms with Crippen LogP contribution >= 0.6 is 0 Å². The number of nitrogens with two attached hydrogens (primary N) is 1. The van der Waals surface area contributed by atoms with Gasteiger partial charge in [-0.1, -0.05) is 25.5 Å². The first kappa shape index (κ1) is 14.4. The lowest BCUT2D eigenvalue weighted by molar-refractivity contribution is 0.300. The van der Waals surface area contributed by atoms with Gasteiger partial charge in [0.25, 0.3) is 0 Å². The van der Waals surface area contributed by atoms with Crippen LogP contribution in [0.15, 0.2) is 30.5 Å². The zero-order valence-electron chi connectivity index (χ0n) is 12.4. The molecule has 0 saturated carbocycles. The maximum absolute atomic E-state index is 6.01. The molecule has 1 aromatic heterocycles. The summed E-state index contributed by atoms with van der Waals surface area (Å²) >= 11 is 0. The molecule has 20 heavy (non-hydrogen) atoms. The Morgan fingerprint density at radius 2 is 1.85 bits per heavy atom. The number of aromatic nitrogens is 1. The Hall–Kier alpha value is -2.03. The van der Waals surface area contributed by atoms with Crippen LogP contribution in [0.2, 0.25) is 0 Å². The van der Waals surface area contributed by atoms with Gasteiger partial charge in [0, 0.05) is 11.9 Å². The molecule has 2 aromatic rings. The first-order chi connectivity index (χ1) is 9.61. The Labute approximate surface area is 120 Å². The highest BCUT2D eigenvalue weighted by Gasteiger charge is 2.06. The Balaban J connectivity index is 2.03. The van der Waals surface area contributed by atoms with E-state index in [1.807, 2.05) is 26.0 Å². The van der Waals surface area contributed by atoms with Crippen molar-refractivity contribution in [2.75, 3.05) is 5.73 Å². The van der Waals surface area contributed by atoms with Crippen LogP contribution in [0.4, 0.5) is 5.69 Å². The second-order valence-electron chi connectivity index (χ2n) is 5.11. The van der Waals surface area contributed by atoms with Gasteiger partial charge >= 0.3 is 0 Å². The van der Waals surface area contributed by atoms with Gasteiger partial charge in [-0.2, -0.15) is 0 Å². The lowest BCUT2D eigenvalue weighted by atomic mass is 10.1. The molecule has 0 bridgehead atoms. The summed E-state index contributed by atoms with van der Waals surface area (Å²) in [4.78, 5) is 4.40. The zero-order valence-corrected chi connectivity index (χ0v) is 12.4. The molecule has 2 rings (SSSR count). The van der Waals surface area contributed by atoms with Gasteiger partial charge in [0.05, 0.1) is 5.69 Å². The van der Waals surface area contributed by atoms with Gasteiger partial charge in [-0.25, -0.2) is 0 Å². The van der Waals surface area contributed by atoms with E-state index in [0.717, 1.165) is 41.1 Å². The third-order valence-electron chi connectivity index (χ3n) is 3.51. The molecule has 3 heteroatoms. The van der Waals surface area contributed by atoms with Crippen LogP contribution in [0, 0.1) is 13.8 Å². The predicted molar refractivity (Wildman–Crippen MR) is 82.9 cm³/mol. The van der Waals surface area contributed by atoms with Crippen LogP contribution in [-0.4, -0.2) is 4.98 Å². The molecule has 0 spiro atoms. The fourth-order valence-corrected chi connectivity index (χ4v) is 2.13. The fourth-order valence-electron chi connectivity index (χ4n) is 2.13. The van der Waals surface area contributed by atoms with E-state index in [1.165, 1.54) is 5.56 Å². The average Bonchev–Trinajstić information content (AvgIpc) is 2.46. The van der Waals surface area contributed by atoms with Crippen LogP contribution in [0.1, 0.15) is 35.7 Å². The monoisotopic (exact) mass is 270 g/mol. The van der Waals surface area contributed by atoms with Crippen LogP contribution in [0.5, 0.6) is 5.75 Å². The predicted octanol–water partition coefficient (Wildman–Crippen LogP) is 3.81. The van der Waals surface area contributed by atoms with Crippen LogP contribution < -0.4 is 10.5 Å². The number of anilines is 1. The van der Waals surface area contributed by atoms with Crippen molar-refractivity contribution in [1.29, 1.82) is 0 Å². The molecule has 0 aliphatic rings. The minimum atomic E-state index is 0.448. The van der Waals surface area contributed by atoms with Crippen molar-refractivity contribution in [1.82, 2.24) is 4.98 Å². The highest BCUT2D eigenvalue weighted by Crippen LogP contribution is 2.20. The zero-order chi connectivity index (χ0) is 14.5. The molecule has 3 nitrogen and oxygen atoms in total. The van der Waals surface area contributed by atoms with Gasteiger partial charge in [-0.3, -0.25) is 4.98 Å². The van der Waals surface area contributed by atoms with E-state index >= 15 is 0 Å². The highest BCUT2D eigenvalue weighted by molar-refractivity contribution is 5.53. The second-order valence-corrected chi connectivity index (χ2v) is 5.11. The van der Waals surface area contributed by atoms with Crippen molar-refractivity contribution in [3.63, 3.8) is 0 Å². The van der Waals surface area contributed by atoms with Gasteiger partial charge in [0.1, 0.15) is 12.4 Å². The average molecular weight is 270 g/mol. The minimum Gasteiger partial charge on any atom is -0.487 e. The second kappa shape index (κ2) is 6.42. The number of nitrogen functional groups attached to an aromatic ring is 1. The number of ether oxygens (including phenoxy) is 1. The molecule has 0 atom stereocenters. The Morgan fingerprint density at radius 1 is 1.15 bits per heavy atom. The van der Waals surface area contributed by atoms with Crippen LogP contribution in [0.25, 0.3) is 0 Å². The highest BCUT2D eigenvalue weighted by atomic mass is 16.5. The van der Waals surface area contributed by atoms with Crippen molar-refractivity contribution in [2.24, 2.45) is 0 Å². The summed E-state index contributed by atoms with van der Waals surface area (Å²) in [5.41, 5.74) is 11.1. The molecule has 0 aliphatic carbocycles. The minimum absolute atomic E-state index is 0.448. The summed E-state index contributed by atoms with van der Waals surface area (Å²) in [6.07, 6.45) is 4.06. The van der Waals surface area contributed by atoms with Gasteiger partial charge in [0.2, 0.25) is 0 Å². The molecular formula is C17H22N2O. The van der Waals surface area contributed by atoms with Gasteiger partial charge in [-0.05, 0) is 49.1 Å². The number of hydrogen-bond donors (Lipinski definition) is 1. The van der Waals surface area contributed by atoms with Gasteiger partial charge in [0.15, 0.2) is 0 Å². The Kier molecular flexibility index (Phi) is 4.61. The van der Waals surface area contributed by atoms with Gasteiger partial charge in [-0.15, -0.1) is 0 Å². The lowest BCUT2D eigenvalue weighted by Crippen LogP contribution is -2.05. The Morgan fingerprint density at radius 3 is 2.50 bits per heavy atom. The van der Waals surface area contributed by atoms with E-state index in [4.69, 9.17) is 10.5 Å². The van der Waals surface area contributed by atoms with Crippen LogP contribution in [-0.2, 0) is 13.0 Å². The SMILES string of the molecule is CCCc1ccc(OCc2ncc(C)c(N)c2C)cc1. The summed E-state index contributed by atoms with van der Waals surface area (Å²) in [7, 11) is 0.